The first-order chi connectivity index (χ1) is 15.3. The summed E-state index contributed by atoms with van der Waals surface area (Å²) in [6.07, 6.45) is -0.0867. The van der Waals surface area contributed by atoms with Gasteiger partial charge in [-0.25, -0.2) is 0 Å². The summed E-state index contributed by atoms with van der Waals surface area (Å²) in [4.78, 5) is 14.6. The number of hydrogen-bond acceptors (Lipinski definition) is 4. The van der Waals surface area contributed by atoms with Crippen molar-refractivity contribution < 1.29 is 9.90 Å². The molecule has 1 heterocycles. The fourth-order valence-corrected chi connectivity index (χ4v) is 3.72. The van der Waals surface area contributed by atoms with Gasteiger partial charge in [0.25, 0.3) is 5.91 Å². The fourth-order valence-electron chi connectivity index (χ4n) is 3.72. The first kappa shape index (κ1) is 23.1. The lowest BCUT2D eigenvalue weighted by Crippen LogP contribution is -2.32. The molecule has 3 rings (SSSR count). The van der Waals surface area contributed by atoms with Crippen molar-refractivity contribution in [3.63, 3.8) is 0 Å². The van der Waals surface area contributed by atoms with Crippen LogP contribution in [-0.4, -0.2) is 42.3 Å². The highest BCUT2D eigenvalue weighted by atomic mass is 16.3. The van der Waals surface area contributed by atoms with Gasteiger partial charge in [-0.05, 0) is 65.6 Å². The van der Waals surface area contributed by atoms with E-state index in [0.717, 1.165) is 28.0 Å². The van der Waals surface area contributed by atoms with E-state index in [4.69, 9.17) is 0 Å². The highest BCUT2D eigenvalue weighted by Gasteiger charge is 2.18. The van der Waals surface area contributed by atoms with E-state index in [1.807, 2.05) is 50.8 Å². The number of aliphatic hydroxyl groups is 1. The normalized spacial score (nSPS) is 12.8. The minimum atomic E-state index is -0.623. The molecule has 0 spiro atoms. The van der Waals surface area contributed by atoms with Gasteiger partial charge in [-0.2, -0.15) is 5.26 Å². The Labute approximate surface area is 189 Å². The first-order valence-corrected chi connectivity index (χ1v) is 10.7. The number of carbonyl (C=O) groups excluding carboxylic acids is 1. The Morgan fingerprint density at radius 3 is 2.50 bits per heavy atom. The molecule has 0 saturated carbocycles. The lowest BCUT2D eigenvalue weighted by molar-refractivity contribution is -0.117. The third kappa shape index (κ3) is 4.68. The van der Waals surface area contributed by atoms with Crippen LogP contribution in [0.4, 0.5) is 5.69 Å². The van der Waals surface area contributed by atoms with Crippen LogP contribution in [0.25, 0.3) is 27.6 Å². The second-order valence-corrected chi connectivity index (χ2v) is 8.19. The SMILES string of the molecule is CCC(O)CNC(=O)/C(C#N)=C(\C)c1ccc(-c2ccc3cc(N(C)C)ccc3c2)n1C. The summed E-state index contributed by atoms with van der Waals surface area (Å²) in [7, 11) is 5.98. The predicted molar refractivity (Wildman–Crippen MR) is 130 cm³/mol. The Kier molecular flexibility index (Phi) is 7.01. The summed E-state index contributed by atoms with van der Waals surface area (Å²) >= 11 is 0. The van der Waals surface area contributed by atoms with Gasteiger partial charge in [0.05, 0.1) is 6.10 Å². The monoisotopic (exact) mass is 430 g/mol. The van der Waals surface area contributed by atoms with Gasteiger partial charge in [0.2, 0.25) is 0 Å². The van der Waals surface area contributed by atoms with Crippen LogP contribution in [0.2, 0.25) is 0 Å². The Balaban J connectivity index is 1.94. The van der Waals surface area contributed by atoms with Crippen molar-refractivity contribution in [3.05, 3.63) is 59.8 Å². The van der Waals surface area contributed by atoms with E-state index >= 15 is 0 Å². The number of rotatable bonds is 7. The quantitative estimate of drug-likeness (QED) is 0.437. The Hall–Kier alpha value is -3.56. The molecule has 2 N–H and O–H groups in total. The van der Waals surface area contributed by atoms with E-state index < -0.39 is 12.0 Å². The summed E-state index contributed by atoms with van der Waals surface area (Å²) in [5.74, 6) is -0.470. The van der Waals surface area contributed by atoms with Crippen LogP contribution in [0.15, 0.2) is 54.1 Å². The van der Waals surface area contributed by atoms with E-state index in [-0.39, 0.29) is 12.1 Å². The number of hydrogen-bond donors (Lipinski definition) is 2. The van der Waals surface area contributed by atoms with Crippen LogP contribution in [-0.2, 0) is 11.8 Å². The van der Waals surface area contributed by atoms with Crippen molar-refractivity contribution in [2.24, 2.45) is 7.05 Å². The molecule has 0 fully saturated rings. The number of aromatic nitrogens is 1. The van der Waals surface area contributed by atoms with Crippen molar-refractivity contribution in [3.8, 4) is 17.3 Å². The van der Waals surface area contributed by atoms with Crippen molar-refractivity contribution in [2.75, 3.05) is 25.5 Å². The number of nitrogens with zero attached hydrogens (tertiary/aromatic N) is 3. The summed E-state index contributed by atoms with van der Waals surface area (Å²) in [6.45, 7) is 3.73. The maximum absolute atomic E-state index is 12.5. The number of nitrogens with one attached hydrogen (secondary N) is 1. The van der Waals surface area contributed by atoms with Crippen molar-refractivity contribution in [1.29, 1.82) is 5.26 Å². The zero-order valence-corrected chi connectivity index (χ0v) is 19.3. The number of carbonyl (C=O) groups is 1. The van der Waals surface area contributed by atoms with Crippen molar-refractivity contribution in [2.45, 2.75) is 26.4 Å². The minimum absolute atomic E-state index is 0.0516. The number of benzene rings is 2. The molecule has 0 aliphatic heterocycles. The van der Waals surface area contributed by atoms with Gasteiger partial charge in [0, 0.05) is 44.8 Å². The van der Waals surface area contributed by atoms with Crippen LogP contribution >= 0.6 is 0 Å². The van der Waals surface area contributed by atoms with Gasteiger partial charge in [-0.15, -0.1) is 0 Å². The molecule has 1 atom stereocenters. The summed E-state index contributed by atoms with van der Waals surface area (Å²) in [6, 6.07) is 18.7. The van der Waals surface area contributed by atoms with E-state index in [2.05, 4.69) is 46.6 Å². The first-order valence-electron chi connectivity index (χ1n) is 10.7. The van der Waals surface area contributed by atoms with Gasteiger partial charge < -0.3 is 19.9 Å². The van der Waals surface area contributed by atoms with Gasteiger partial charge in [0.1, 0.15) is 11.6 Å². The van der Waals surface area contributed by atoms with E-state index in [1.165, 1.54) is 5.39 Å². The Bertz CT molecular complexity index is 1210. The topological polar surface area (TPSA) is 81.3 Å². The molecule has 1 aromatic heterocycles. The third-order valence-electron chi connectivity index (χ3n) is 5.83. The number of nitriles is 1. The molecule has 0 radical (unpaired) electrons. The fraction of sp³-hybridized carbons (Fsp3) is 0.308. The van der Waals surface area contributed by atoms with Crippen LogP contribution in [0.5, 0.6) is 0 Å². The zero-order chi connectivity index (χ0) is 23.4. The molecule has 2 aromatic carbocycles. The Morgan fingerprint density at radius 2 is 1.84 bits per heavy atom. The number of aliphatic hydroxyl groups excluding tert-OH is 1. The second-order valence-electron chi connectivity index (χ2n) is 8.19. The van der Waals surface area contributed by atoms with Crippen LogP contribution in [0.1, 0.15) is 26.0 Å². The third-order valence-corrected chi connectivity index (χ3v) is 5.83. The van der Waals surface area contributed by atoms with E-state index in [1.54, 1.807) is 6.92 Å². The highest BCUT2D eigenvalue weighted by Crippen LogP contribution is 2.30. The van der Waals surface area contributed by atoms with Crippen LogP contribution < -0.4 is 10.2 Å². The van der Waals surface area contributed by atoms with Crippen LogP contribution in [0.3, 0.4) is 0 Å². The summed E-state index contributed by atoms with van der Waals surface area (Å²) in [5.41, 5.74) is 4.66. The molecule has 1 unspecified atom stereocenters. The molecule has 6 nitrogen and oxygen atoms in total. The molecule has 0 saturated heterocycles. The predicted octanol–water partition coefficient (Wildman–Crippen LogP) is 4.10. The van der Waals surface area contributed by atoms with E-state index in [9.17, 15) is 15.2 Å². The average Bonchev–Trinajstić information content (AvgIpc) is 3.18. The molecule has 32 heavy (non-hydrogen) atoms. The summed E-state index contributed by atoms with van der Waals surface area (Å²) < 4.78 is 2.00. The van der Waals surface area contributed by atoms with Crippen molar-refractivity contribution in [1.82, 2.24) is 9.88 Å². The number of allylic oxidation sites excluding steroid dienone is 1. The Morgan fingerprint density at radius 1 is 1.16 bits per heavy atom. The largest absolute Gasteiger partial charge is 0.391 e. The smallest absolute Gasteiger partial charge is 0.262 e. The van der Waals surface area contributed by atoms with Crippen molar-refractivity contribution >= 4 is 27.9 Å². The van der Waals surface area contributed by atoms with Gasteiger partial charge >= 0.3 is 0 Å². The molecule has 0 bridgehead atoms. The summed E-state index contributed by atoms with van der Waals surface area (Å²) in [5, 5.41) is 24.2. The molecular weight excluding hydrogens is 400 g/mol. The molecule has 6 heteroatoms. The lowest BCUT2D eigenvalue weighted by atomic mass is 10.0. The highest BCUT2D eigenvalue weighted by molar-refractivity contribution is 6.04. The molecule has 166 valence electrons. The molecule has 3 aromatic rings. The maximum atomic E-state index is 12.5. The van der Waals surface area contributed by atoms with E-state index in [0.29, 0.717) is 12.0 Å². The zero-order valence-electron chi connectivity index (χ0n) is 19.3. The molecular formula is C26H30N4O2. The van der Waals surface area contributed by atoms with Gasteiger partial charge in [-0.1, -0.05) is 25.1 Å². The number of fused-ring (bicyclic) bond motifs is 1. The molecule has 1 amide bonds. The van der Waals surface area contributed by atoms with Crippen LogP contribution in [0, 0.1) is 11.3 Å². The van der Waals surface area contributed by atoms with Gasteiger partial charge in [0.15, 0.2) is 0 Å². The lowest BCUT2D eigenvalue weighted by Gasteiger charge is -2.14. The molecule has 0 aliphatic carbocycles. The van der Waals surface area contributed by atoms with Gasteiger partial charge in [-0.3, -0.25) is 4.79 Å². The standard InChI is InChI=1S/C26H30N4O2/c1-6-22(31)16-28-26(32)23(15-27)17(2)24-11-12-25(30(24)5)20-8-7-19-14-21(29(3)4)10-9-18(19)13-20/h7-14,22,31H,6,16H2,1-5H3,(H,28,32)/b23-17+. The average molecular weight is 431 g/mol. The number of amides is 1. The number of anilines is 1. The maximum Gasteiger partial charge on any atom is 0.262 e. The minimum Gasteiger partial charge on any atom is -0.391 e. The molecule has 0 aliphatic rings. The second kappa shape index (κ2) is 9.71.